The van der Waals surface area contributed by atoms with Crippen LogP contribution < -0.4 is 9.64 Å². The third-order valence-corrected chi connectivity index (χ3v) is 8.66. The second kappa shape index (κ2) is 11.9. The summed E-state index contributed by atoms with van der Waals surface area (Å²) < 4.78 is 8.60. The first kappa shape index (κ1) is 27.8. The molecule has 0 unspecified atom stereocenters. The number of anilines is 1. The number of benzene rings is 3. The van der Waals surface area contributed by atoms with E-state index in [1.165, 1.54) is 19.3 Å². The molecule has 0 bridgehead atoms. The molecule has 0 radical (unpaired) electrons. The molecule has 1 aliphatic heterocycles. The van der Waals surface area contributed by atoms with E-state index in [9.17, 15) is 14.7 Å². The van der Waals surface area contributed by atoms with Crippen molar-refractivity contribution < 1.29 is 19.4 Å². The zero-order chi connectivity index (χ0) is 29.2. The molecule has 6 rings (SSSR count). The van der Waals surface area contributed by atoms with Gasteiger partial charge in [0.2, 0.25) is 0 Å². The first-order valence-electron chi connectivity index (χ1n) is 15.0. The molecule has 8 nitrogen and oxygen atoms in total. The van der Waals surface area contributed by atoms with Gasteiger partial charge in [-0.3, -0.25) is 4.79 Å². The molecular weight excluding hydrogens is 528 g/mol. The Balaban J connectivity index is 1.18. The lowest BCUT2D eigenvalue weighted by Crippen LogP contribution is -2.34. The molecule has 2 heterocycles. The number of carbonyl (C=O) groups is 2. The fraction of sp³-hybridized carbons (Fsp3) is 0.382. The highest BCUT2D eigenvalue weighted by atomic mass is 16.5. The molecule has 0 spiro atoms. The molecule has 2 aliphatic rings. The van der Waals surface area contributed by atoms with E-state index < -0.39 is 5.97 Å². The number of rotatable bonds is 8. The number of hydrogen-bond acceptors (Lipinski definition) is 5. The van der Waals surface area contributed by atoms with Crippen molar-refractivity contribution >= 4 is 28.6 Å². The van der Waals surface area contributed by atoms with Crippen LogP contribution >= 0.6 is 0 Å². The number of imidazole rings is 1. The Morgan fingerprint density at radius 2 is 1.62 bits per heavy atom. The van der Waals surface area contributed by atoms with Crippen LogP contribution in [0.15, 0.2) is 66.7 Å². The van der Waals surface area contributed by atoms with Gasteiger partial charge in [-0.15, -0.1) is 0 Å². The minimum absolute atomic E-state index is 0.00521. The Kier molecular flexibility index (Phi) is 7.87. The van der Waals surface area contributed by atoms with Gasteiger partial charge < -0.3 is 24.2 Å². The highest BCUT2D eigenvalue weighted by Gasteiger charge is 2.26. The number of ether oxygens (including phenoxy) is 1. The molecule has 3 aromatic carbocycles. The highest BCUT2D eigenvalue weighted by molar-refractivity contribution is 5.94. The van der Waals surface area contributed by atoms with Gasteiger partial charge in [-0.05, 0) is 92.4 Å². The van der Waals surface area contributed by atoms with Crippen LogP contribution in [-0.2, 0) is 0 Å². The number of carbonyl (C=O) groups excluding carboxylic acids is 1. The molecule has 8 heteroatoms. The number of hydrogen-bond donors (Lipinski definition) is 1. The molecule has 1 saturated carbocycles. The SMILES string of the molecule is CN(C)C(=O)c1ccc(N2CCC[C@H]2COc2ccc(-c3nc4cc(C(=O)O)ccc4n3C3CCCCC3)cc2)cc1. The number of aromatic carboxylic acids is 1. The normalized spacial score (nSPS) is 17.5. The van der Waals surface area contributed by atoms with Crippen molar-refractivity contribution in [3.63, 3.8) is 0 Å². The summed E-state index contributed by atoms with van der Waals surface area (Å²) in [6.07, 6.45) is 8.01. The average molecular weight is 567 g/mol. The summed E-state index contributed by atoms with van der Waals surface area (Å²) in [5.41, 5.74) is 4.76. The van der Waals surface area contributed by atoms with E-state index in [1.807, 2.05) is 42.5 Å². The smallest absolute Gasteiger partial charge is 0.335 e. The molecule has 1 aliphatic carbocycles. The molecule has 1 N–H and O–H groups in total. The first-order valence-corrected chi connectivity index (χ1v) is 15.0. The van der Waals surface area contributed by atoms with Crippen LogP contribution in [-0.4, -0.2) is 64.7 Å². The Morgan fingerprint density at radius 3 is 2.31 bits per heavy atom. The lowest BCUT2D eigenvalue weighted by atomic mass is 9.95. The minimum atomic E-state index is -0.940. The van der Waals surface area contributed by atoms with E-state index in [0.29, 0.717) is 18.2 Å². The van der Waals surface area contributed by atoms with Gasteiger partial charge in [0.25, 0.3) is 5.91 Å². The van der Waals surface area contributed by atoms with Crippen LogP contribution in [0.2, 0.25) is 0 Å². The van der Waals surface area contributed by atoms with Gasteiger partial charge in [-0.25, -0.2) is 9.78 Å². The fourth-order valence-corrected chi connectivity index (χ4v) is 6.44. The maximum atomic E-state index is 12.3. The average Bonchev–Trinajstić information content (AvgIpc) is 3.65. The Hall–Kier alpha value is -4.33. The molecule has 1 aromatic heterocycles. The Morgan fingerprint density at radius 1 is 0.905 bits per heavy atom. The van der Waals surface area contributed by atoms with E-state index >= 15 is 0 Å². The molecule has 218 valence electrons. The molecule has 42 heavy (non-hydrogen) atoms. The van der Waals surface area contributed by atoms with Crippen molar-refractivity contribution in [2.75, 3.05) is 32.1 Å². The molecular formula is C34H38N4O4. The zero-order valence-corrected chi connectivity index (χ0v) is 24.3. The quantitative estimate of drug-likeness (QED) is 0.257. The first-order chi connectivity index (χ1) is 20.4. The topological polar surface area (TPSA) is 87.9 Å². The van der Waals surface area contributed by atoms with Crippen molar-refractivity contribution in [3.05, 3.63) is 77.9 Å². The largest absolute Gasteiger partial charge is 0.491 e. The summed E-state index contributed by atoms with van der Waals surface area (Å²) in [7, 11) is 3.53. The number of carboxylic acid groups (broad SMARTS) is 1. The second-order valence-corrected chi connectivity index (χ2v) is 11.7. The lowest BCUT2D eigenvalue weighted by Gasteiger charge is -2.27. The summed E-state index contributed by atoms with van der Waals surface area (Å²) >= 11 is 0. The van der Waals surface area contributed by atoms with Crippen LogP contribution in [0.4, 0.5) is 5.69 Å². The number of carboxylic acids is 1. The highest BCUT2D eigenvalue weighted by Crippen LogP contribution is 2.37. The monoisotopic (exact) mass is 566 g/mol. The van der Waals surface area contributed by atoms with Gasteiger partial charge in [0.05, 0.1) is 22.6 Å². The number of amides is 1. The third kappa shape index (κ3) is 5.58. The second-order valence-electron chi connectivity index (χ2n) is 11.7. The van der Waals surface area contributed by atoms with Gasteiger partial charge in [0.15, 0.2) is 0 Å². The van der Waals surface area contributed by atoms with Crippen LogP contribution in [0.25, 0.3) is 22.4 Å². The van der Waals surface area contributed by atoms with Crippen molar-refractivity contribution in [2.45, 2.75) is 57.0 Å². The van der Waals surface area contributed by atoms with Crippen molar-refractivity contribution in [3.8, 4) is 17.1 Å². The molecule has 4 aromatic rings. The maximum absolute atomic E-state index is 12.3. The van der Waals surface area contributed by atoms with Gasteiger partial charge in [0, 0.05) is 43.5 Å². The molecule has 1 atom stereocenters. The summed E-state index contributed by atoms with van der Waals surface area (Å²) in [6.45, 7) is 1.55. The van der Waals surface area contributed by atoms with E-state index in [2.05, 4.69) is 21.6 Å². The maximum Gasteiger partial charge on any atom is 0.335 e. The van der Waals surface area contributed by atoms with E-state index in [0.717, 1.165) is 66.1 Å². The van der Waals surface area contributed by atoms with E-state index in [1.54, 1.807) is 31.1 Å². The lowest BCUT2D eigenvalue weighted by molar-refractivity contribution is 0.0696. The number of fused-ring (bicyclic) bond motifs is 1. The van der Waals surface area contributed by atoms with Gasteiger partial charge in [-0.1, -0.05) is 19.3 Å². The summed E-state index contributed by atoms with van der Waals surface area (Å²) in [6, 6.07) is 21.9. The van der Waals surface area contributed by atoms with Crippen LogP contribution in [0.1, 0.15) is 71.7 Å². The zero-order valence-electron chi connectivity index (χ0n) is 24.3. The third-order valence-electron chi connectivity index (χ3n) is 8.66. The molecule has 1 saturated heterocycles. The summed E-state index contributed by atoms with van der Waals surface area (Å²) in [5.74, 6) is 0.755. The van der Waals surface area contributed by atoms with Gasteiger partial charge in [-0.2, -0.15) is 0 Å². The Labute approximate surface area is 246 Å². The fourth-order valence-electron chi connectivity index (χ4n) is 6.44. The van der Waals surface area contributed by atoms with Gasteiger partial charge >= 0.3 is 5.97 Å². The molecule has 2 fully saturated rings. The van der Waals surface area contributed by atoms with Crippen LogP contribution in [0.3, 0.4) is 0 Å². The number of nitrogens with zero attached hydrogens (tertiary/aromatic N) is 4. The van der Waals surface area contributed by atoms with Crippen molar-refractivity contribution in [2.24, 2.45) is 0 Å². The number of aromatic nitrogens is 2. The predicted octanol–water partition coefficient (Wildman–Crippen LogP) is 6.66. The van der Waals surface area contributed by atoms with Crippen molar-refractivity contribution in [1.29, 1.82) is 0 Å². The summed E-state index contributed by atoms with van der Waals surface area (Å²) in [4.78, 5) is 32.8. The van der Waals surface area contributed by atoms with E-state index in [-0.39, 0.29) is 17.5 Å². The Bertz CT molecular complexity index is 1570. The summed E-state index contributed by atoms with van der Waals surface area (Å²) in [5, 5.41) is 9.51. The van der Waals surface area contributed by atoms with E-state index in [4.69, 9.17) is 9.72 Å². The van der Waals surface area contributed by atoms with Gasteiger partial charge in [0.1, 0.15) is 18.2 Å². The van der Waals surface area contributed by atoms with Crippen molar-refractivity contribution in [1.82, 2.24) is 14.5 Å². The predicted molar refractivity (Wildman–Crippen MR) is 165 cm³/mol. The van der Waals surface area contributed by atoms with Crippen LogP contribution in [0, 0.1) is 0 Å². The minimum Gasteiger partial charge on any atom is -0.491 e. The standard InChI is InChI=1S/C34H38N4O4/c1-36(2)33(39)24-10-15-26(16-11-24)37-20-6-9-28(37)22-42-29-17-12-23(13-18-29)32-35-30-21-25(34(40)41)14-19-31(30)38(32)27-7-4-3-5-8-27/h10-19,21,27-28H,3-9,20,22H2,1-2H3,(H,40,41)/t28-/m0/s1. The van der Waals surface area contributed by atoms with Crippen LogP contribution in [0.5, 0.6) is 5.75 Å². The molecule has 1 amide bonds.